The van der Waals surface area contributed by atoms with Gasteiger partial charge in [0.1, 0.15) is 5.56 Å². The third-order valence-corrected chi connectivity index (χ3v) is 4.95. The number of hydrogen-bond acceptors (Lipinski definition) is 5. The Bertz CT molecular complexity index is 901. The molecule has 134 valence electrons. The minimum atomic E-state index is -3.70. The van der Waals surface area contributed by atoms with Gasteiger partial charge in [-0.05, 0) is 44.5 Å². The van der Waals surface area contributed by atoms with Gasteiger partial charge in [-0.3, -0.25) is 0 Å². The lowest BCUT2D eigenvalue weighted by Gasteiger charge is -2.20. The summed E-state index contributed by atoms with van der Waals surface area (Å²) in [4.78, 5) is 15.4. The highest BCUT2D eigenvalue weighted by molar-refractivity contribution is 7.89. The monoisotopic (exact) mass is 364 g/mol. The molecule has 0 atom stereocenters. The van der Waals surface area contributed by atoms with Crippen LogP contribution in [0, 0.1) is 0 Å². The van der Waals surface area contributed by atoms with Gasteiger partial charge in [0, 0.05) is 17.3 Å². The maximum absolute atomic E-state index is 12.5. The molecule has 0 aliphatic carbocycles. The zero-order chi connectivity index (χ0) is 18.8. The molecule has 0 spiro atoms. The van der Waals surface area contributed by atoms with E-state index in [1.165, 1.54) is 31.5 Å². The average molecular weight is 364 g/mol. The summed E-state index contributed by atoms with van der Waals surface area (Å²) < 4.78 is 32.4. The van der Waals surface area contributed by atoms with Crippen LogP contribution in [-0.2, 0) is 10.0 Å². The van der Waals surface area contributed by atoms with Crippen molar-refractivity contribution in [2.24, 2.45) is 0 Å². The maximum atomic E-state index is 12.5. The molecule has 2 rings (SSSR count). The van der Waals surface area contributed by atoms with Crippen LogP contribution in [-0.4, -0.2) is 37.1 Å². The van der Waals surface area contributed by atoms with Crippen LogP contribution in [0.25, 0.3) is 11.1 Å². The summed E-state index contributed by atoms with van der Waals surface area (Å²) in [5.41, 5.74) is 0.300. The molecule has 0 aliphatic heterocycles. The molecule has 1 aromatic carbocycles. The smallest absolute Gasteiger partial charge is 0.341 e. The summed E-state index contributed by atoms with van der Waals surface area (Å²) in [5.74, 6) is -1.18. The second kappa shape index (κ2) is 6.81. The number of carboxylic acids is 1. The van der Waals surface area contributed by atoms with Gasteiger partial charge in [0.25, 0.3) is 0 Å². The minimum Gasteiger partial charge on any atom is -0.480 e. The van der Waals surface area contributed by atoms with Crippen molar-refractivity contribution in [2.45, 2.75) is 31.2 Å². The normalized spacial score (nSPS) is 12.0. The molecule has 0 amide bonds. The summed E-state index contributed by atoms with van der Waals surface area (Å²) >= 11 is 0. The van der Waals surface area contributed by atoms with Crippen LogP contribution in [0.4, 0.5) is 0 Å². The van der Waals surface area contributed by atoms with E-state index in [9.17, 15) is 18.3 Å². The van der Waals surface area contributed by atoms with E-state index in [1.807, 2.05) is 0 Å². The SMILES string of the molecule is COc1ncc(-c2cccc(S(=O)(=O)NC(C)(C)C)c2)cc1C(=O)O. The van der Waals surface area contributed by atoms with Crippen molar-refractivity contribution in [1.29, 1.82) is 0 Å². The third kappa shape index (κ3) is 4.55. The van der Waals surface area contributed by atoms with Crippen LogP contribution in [0.2, 0.25) is 0 Å². The van der Waals surface area contributed by atoms with Crippen molar-refractivity contribution in [3.63, 3.8) is 0 Å². The Kier molecular flexibility index (Phi) is 5.15. The lowest BCUT2D eigenvalue weighted by molar-refractivity contribution is 0.0692. The molecular formula is C17H20N2O5S. The quantitative estimate of drug-likeness (QED) is 0.844. The Labute approximate surface area is 146 Å². The van der Waals surface area contributed by atoms with Crippen molar-refractivity contribution >= 4 is 16.0 Å². The standard InChI is InChI=1S/C17H20N2O5S/c1-17(2,3)19-25(22,23)13-7-5-6-11(8-13)12-9-14(16(20)21)15(24-4)18-10-12/h5-10,19H,1-4H3,(H,20,21). The number of methoxy groups -OCH3 is 1. The van der Waals surface area contributed by atoms with Gasteiger partial charge in [-0.2, -0.15) is 0 Å². The van der Waals surface area contributed by atoms with Gasteiger partial charge in [-0.15, -0.1) is 0 Å². The van der Waals surface area contributed by atoms with Crippen molar-refractivity contribution in [3.05, 3.63) is 42.1 Å². The van der Waals surface area contributed by atoms with Crippen LogP contribution >= 0.6 is 0 Å². The van der Waals surface area contributed by atoms with Gasteiger partial charge in [-0.25, -0.2) is 22.9 Å². The summed E-state index contributed by atoms with van der Waals surface area (Å²) in [7, 11) is -2.37. The van der Waals surface area contributed by atoms with E-state index >= 15 is 0 Å². The molecule has 0 fully saturated rings. The molecule has 0 radical (unpaired) electrons. The van der Waals surface area contributed by atoms with E-state index in [0.29, 0.717) is 11.1 Å². The zero-order valence-corrected chi connectivity index (χ0v) is 15.2. The highest BCUT2D eigenvalue weighted by Crippen LogP contribution is 2.26. The van der Waals surface area contributed by atoms with E-state index in [2.05, 4.69) is 9.71 Å². The maximum Gasteiger partial charge on any atom is 0.341 e. The van der Waals surface area contributed by atoms with Gasteiger partial charge < -0.3 is 9.84 Å². The van der Waals surface area contributed by atoms with Crippen molar-refractivity contribution in [1.82, 2.24) is 9.71 Å². The number of carbonyl (C=O) groups is 1. The molecule has 7 nitrogen and oxygen atoms in total. The lowest BCUT2D eigenvalue weighted by atomic mass is 10.1. The number of pyridine rings is 1. The van der Waals surface area contributed by atoms with E-state index in [-0.39, 0.29) is 16.3 Å². The zero-order valence-electron chi connectivity index (χ0n) is 14.4. The first-order valence-corrected chi connectivity index (χ1v) is 8.93. The highest BCUT2D eigenvalue weighted by Gasteiger charge is 2.22. The lowest BCUT2D eigenvalue weighted by Crippen LogP contribution is -2.40. The van der Waals surface area contributed by atoms with Crippen LogP contribution in [0.5, 0.6) is 5.88 Å². The molecule has 0 aliphatic rings. The Morgan fingerprint density at radius 1 is 1.20 bits per heavy atom. The van der Waals surface area contributed by atoms with E-state index in [0.717, 1.165) is 0 Å². The van der Waals surface area contributed by atoms with E-state index < -0.39 is 21.5 Å². The Hall–Kier alpha value is -2.45. The second-order valence-corrected chi connectivity index (χ2v) is 8.15. The first-order valence-electron chi connectivity index (χ1n) is 7.45. The number of ether oxygens (including phenoxy) is 1. The van der Waals surface area contributed by atoms with Crippen molar-refractivity contribution in [2.75, 3.05) is 7.11 Å². The minimum absolute atomic E-state index is 0.00516. The number of nitrogens with zero attached hydrogens (tertiary/aromatic N) is 1. The van der Waals surface area contributed by atoms with Gasteiger partial charge in [-0.1, -0.05) is 12.1 Å². The molecule has 8 heteroatoms. The first-order chi connectivity index (χ1) is 11.5. The largest absolute Gasteiger partial charge is 0.480 e. The van der Waals surface area contributed by atoms with Gasteiger partial charge in [0.15, 0.2) is 0 Å². The Morgan fingerprint density at radius 3 is 2.44 bits per heavy atom. The van der Waals surface area contributed by atoms with Gasteiger partial charge >= 0.3 is 5.97 Å². The van der Waals surface area contributed by atoms with Crippen LogP contribution in [0.1, 0.15) is 31.1 Å². The number of hydrogen-bond donors (Lipinski definition) is 2. The second-order valence-electron chi connectivity index (χ2n) is 6.47. The number of nitrogens with one attached hydrogen (secondary N) is 1. The average Bonchev–Trinajstić information content (AvgIpc) is 2.52. The molecule has 0 unspecified atom stereocenters. The fourth-order valence-electron chi connectivity index (χ4n) is 2.23. The number of sulfonamides is 1. The van der Waals surface area contributed by atoms with Crippen LogP contribution in [0.15, 0.2) is 41.4 Å². The number of aromatic carboxylic acids is 1. The van der Waals surface area contributed by atoms with Gasteiger partial charge in [0.05, 0.1) is 12.0 Å². The third-order valence-electron chi connectivity index (χ3n) is 3.19. The molecule has 2 N–H and O–H groups in total. The molecule has 0 bridgehead atoms. The van der Waals surface area contributed by atoms with Crippen LogP contribution < -0.4 is 9.46 Å². The molecule has 2 aromatic rings. The molecule has 0 saturated heterocycles. The number of carboxylic acid groups (broad SMARTS) is 1. The van der Waals surface area contributed by atoms with Gasteiger partial charge in [0.2, 0.25) is 15.9 Å². The summed E-state index contributed by atoms with van der Waals surface area (Å²) in [6.07, 6.45) is 1.44. The fraction of sp³-hybridized carbons (Fsp3) is 0.294. The summed E-state index contributed by atoms with van der Waals surface area (Å²) in [6.45, 7) is 5.25. The first kappa shape index (κ1) is 18.9. The molecule has 0 saturated carbocycles. The predicted molar refractivity (Wildman–Crippen MR) is 93.3 cm³/mol. The van der Waals surface area contributed by atoms with E-state index in [4.69, 9.17) is 4.74 Å². The number of aromatic nitrogens is 1. The van der Waals surface area contributed by atoms with Crippen LogP contribution in [0.3, 0.4) is 0 Å². The Morgan fingerprint density at radius 2 is 1.88 bits per heavy atom. The topological polar surface area (TPSA) is 106 Å². The molecule has 1 heterocycles. The Balaban J connectivity index is 2.49. The number of benzene rings is 1. The molecule has 25 heavy (non-hydrogen) atoms. The highest BCUT2D eigenvalue weighted by atomic mass is 32.2. The van der Waals surface area contributed by atoms with Crippen molar-refractivity contribution < 1.29 is 23.1 Å². The molecule has 1 aromatic heterocycles. The predicted octanol–water partition coefficient (Wildman–Crippen LogP) is 2.53. The summed E-state index contributed by atoms with van der Waals surface area (Å²) in [6, 6.07) is 7.63. The molecular weight excluding hydrogens is 344 g/mol. The summed E-state index contributed by atoms with van der Waals surface area (Å²) in [5, 5.41) is 9.25. The van der Waals surface area contributed by atoms with Crippen molar-refractivity contribution in [3.8, 4) is 17.0 Å². The fourth-order valence-corrected chi connectivity index (χ4v) is 3.69. The van der Waals surface area contributed by atoms with E-state index in [1.54, 1.807) is 32.9 Å². The number of rotatable bonds is 5.